The highest BCUT2D eigenvalue weighted by molar-refractivity contribution is 5.52. The van der Waals surface area contributed by atoms with Gasteiger partial charge in [-0.05, 0) is 35.2 Å². The fraction of sp³-hybridized carbons (Fsp3) is 0.294. The average molecular weight is 301 g/mol. The maximum Gasteiger partial charge on any atom is 0.125 e. The number of nitrogens with two attached hydrogens (primary N) is 2. The molecule has 0 spiro atoms. The van der Waals surface area contributed by atoms with Gasteiger partial charge in [0.05, 0.1) is 0 Å². The van der Waals surface area contributed by atoms with Crippen molar-refractivity contribution < 1.29 is 10.2 Å². The first-order valence-electron chi connectivity index (χ1n) is 7.29. The van der Waals surface area contributed by atoms with Crippen LogP contribution in [-0.2, 0) is 6.54 Å². The molecule has 1 atom stereocenters. The van der Waals surface area contributed by atoms with Crippen LogP contribution >= 0.6 is 0 Å². The van der Waals surface area contributed by atoms with Gasteiger partial charge in [0.1, 0.15) is 17.7 Å². The first kappa shape index (κ1) is 16.1. The quantitative estimate of drug-likeness (QED) is 0.546. The fourth-order valence-electron chi connectivity index (χ4n) is 2.32. The highest BCUT2D eigenvalue weighted by atomic mass is 16.3. The number of rotatable bonds is 5. The standard InChI is InChI=1S/C17H23N3O2/c1-10(2)13-7-14(16(22)8-15(13)21)17(19)20-12-5-3-11(9-18)4-6-12/h3-8,10,17,20-22H,9,18-19H2,1-2H3. The molecule has 0 aliphatic rings. The number of phenols is 2. The third-order valence-electron chi connectivity index (χ3n) is 3.64. The van der Waals surface area contributed by atoms with Gasteiger partial charge >= 0.3 is 0 Å². The monoisotopic (exact) mass is 301 g/mol. The molecule has 7 N–H and O–H groups in total. The topological polar surface area (TPSA) is 105 Å². The minimum absolute atomic E-state index is 0.0273. The van der Waals surface area contributed by atoms with Crippen molar-refractivity contribution in [2.24, 2.45) is 11.5 Å². The van der Waals surface area contributed by atoms with Crippen LogP contribution in [0.4, 0.5) is 5.69 Å². The largest absolute Gasteiger partial charge is 0.508 e. The van der Waals surface area contributed by atoms with Gasteiger partial charge < -0.3 is 27.0 Å². The van der Waals surface area contributed by atoms with Gasteiger partial charge in [-0.25, -0.2) is 0 Å². The van der Waals surface area contributed by atoms with E-state index >= 15 is 0 Å². The van der Waals surface area contributed by atoms with Crippen LogP contribution in [0.5, 0.6) is 11.5 Å². The molecule has 2 rings (SSSR count). The third kappa shape index (κ3) is 3.50. The predicted octanol–water partition coefficient (Wildman–Crippen LogP) is 2.75. The lowest BCUT2D eigenvalue weighted by Gasteiger charge is -2.19. The van der Waals surface area contributed by atoms with Gasteiger partial charge in [0.15, 0.2) is 0 Å². The predicted molar refractivity (Wildman–Crippen MR) is 88.7 cm³/mol. The molecule has 0 fully saturated rings. The van der Waals surface area contributed by atoms with E-state index in [1.54, 1.807) is 6.07 Å². The average Bonchev–Trinajstić information content (AvgIpc) is 2.47. The van der Waals surface area contributed by atoms with Gasteiger partial charge in [-0.3, -0.25) is 0 Å². The Morgan fingerprint density at radius 2 is 1.59 bits per heavy atom. The lowest BCUT2D eigenvalue weighted by Crippen LogP contribution is -2.20. The summed E-state index contributed by atoms with van der Waals surface area (Å²) in [4.78, 5) is 0. The highest BCUT2D eigenvalue weighted by Gasteiger charge is 2.16. The van der Waals surface area contributed by atoms with E-state index in [4.69, 9.17) is 11.5 Å². The molecule has 0 aromatic heterocycles. The molecular formula is C17H23N3O2. The smallest absolute Gasteiger partial charge is 0.125 e. The number of benzene rings is 2. The normalized spacial score (nSPS) is 12.4. The molecule has 0 saturated carbocycles. The number of hydrogen-bond acceptors (Lipinski definition) is 5. The van der Waals surface area contributed by atoms with E-state index in [9.17, 15) is 10.2 Å². The Balaban J connectivity index is 2.24. The van der Waals surface area contributed by atoms with Crippen LogP contribution in [0.2, 0.25) is 0 Å². The third-order valence-corrected chi connectivity index (χ3v) is 3.64. The van der Waals surface area contributed by atoms with Crippen LogP contribution in [0.25, 0.3) is 0 Å². The summed E-state index contributed by atoms with van der Waals surface area (Å²) in [5.74, 6) is 0.187. The Morgan fingerprint density at radius 3 is 2.14 bits per heavy atom. The Labute approximate surface area is 130 Å². The van der Waals surface area contributed by atoms with Crippen molar-refractivity contribution in [3.63, 3.8) is 0 Å². The minimum atomic E-state index is -0.582. The fourth-order valence-corrected chi connectivity index (χ4v) is 2.32. The molecule has 1 unspecified atom stereocenters. The summed E-state index contributed by atoms with van der Waals surface area (Å²) in [7, 11) is 0. The molecule has 5 nitrogen and oxygen atoms in total. The van der Waals surface area contributed by atoms with Crippen molar-refractivity contribution in [1.29, 1.82) is 0 Å². The zero-order valence-electron chi connectivity index (χ0n) is 12.9. The lowest BCUT2D eigenvalue weighted by molar-refractivity contribution is 0.437. The summed E-state index contributed by atoms with van der Waals surface area (Å²) in [5, 5.41) is 23.0. The molecule has 0 aliphatic carbocycles. The van der Waals surface area contributed by atoms with Gasteiger partial charge in [-0.2, -0.15) is 0 Å². The van der Waals surface area contributed by atoms with Crippen LogP contribution in [0.1, 0.15) is 42.6 Å². The Kier molecular flexibility index (Phi) is 4.90. The number of hydrogen-bond donors (Lipinski definition) is 5. The Morgan fingerprint density at radius 1 is 1.00 bits per heavy atom. The summed E-state index contributed by atoms with van der Waals surface area (Å²) in [6, 6.07) is 10.7. The summed E-state index contributed by atoms with van der Waals surface area (Å²) in [6.07, 6.45) is -0.582. The molecule has 0 amide bonds. The van der Waals surface area contributed by atoms with Gasteiger partial charge in [0, 0.05) is 23.9 Å². The molecule has 2 aromatic rings. The minimum Gasteiger partial charge on any atom is -0.508 e. The van der Waals surface area contributed by atoms with Crippen LogP contribution in [-0.4, -0.2) is 10.2 Å². The van der Waals surface area contributed by atoms with Crippen LogP contribution in [0, 0.1) is 0 Å². The Bertz CT molecular complexity index is 639. The molecule has 22 heavy (non-hydrogen) atoms. The lowest BCUT2D eigenvalue weighted by atomic mass is 9.98. The van der Waals surface area contributed by atoms with Crippen molar-refractivity contribution >= 4 is 5.69 Å². The maximum atomic E-state index is 10.0. The molecule has 0 heterocycles. The van der Waals surface area contributed by atoms with Crippen molar-refractivity contribution in [3.05, 3.63) is 53.1 Å². The summed E-state index contributed by atoms with van der Waals surface area (Å²) >= 11 is 0. The van der Waals surface area contributed by atoms with Crippen LogP contribution in [0.15, 0.2) is 36.4 Å². The maximum absolute atomic E-state index is 10.0. The number of phenolic OH excluding ortho intramolecular Hbond substituents is 2. The van der Waals surface area contributed by atoms with Crippen LogP contribution in [0.3, 0.4) is 0 Å². The van der Waals surface area contributed by atoms with Crippen molar-refractivity contribution in [2.45, 2.75) is 32.5 Å². The van der Waals surface area contributed by atoms with E-state index in [-0.39, 0.29) is 17.4 Å². The van der Waals surface area contributed by atoms with Gasteiger partial charge in [0.2, 0.25) is 0 Å². The van der Waals surface area contributed by atoms with Gasteiger partial charge in [-0.1, -0.05) is 26.0 Å². The molecule has 0 radical (unpaired) electrons. The zero-order valence-corrected chi connectivity index (χ0v) is 12.9. The highest BCUT2D eigenvalue weighted by Crippen LogP contribution is 2.34. The Hall–Kier alpha value is -2.24. The molecule has 0 aliphatic heterocycles. The van der Waals surface area contributed by atoms with E-state index in [0.29, 0.717) is 12.1 Å². The second kappa shape index (κ2) is 6.68. The molecule has 0 bridgehead atoms. The summed E-state index contributed by atoms with van der Waals surface area (Å²) in [5.41, 5.74) is 14.9. The molecule has 2 aromatic carbocycles. The summed E-state index contributed by atoms with van der Waals surface area (Å²) < 4.78 is 0. The van der Waals surface area contributed by atoms with E-state index < -0.39 is 6.17 Å². The molecule has 0 saturated heterocycles. The van der Waals surface area contributed by atoms with E-state index in [2.05, 4.69) is 5.32 Å². The van der Waals surface area contributed by atoms with Crippen molar-refractivity contribution in [3.8, 4) is 11.5 Å². The number of nitrogens with one attached hydrogen (secondary N) is 1. The second-order valence-electron chi connectivity index (χ2n) is 5.65. The SMILES string of the molecule is CC(C)c1cc(C(N)Nc2ccc(CN)cc2)c(O)cc1O. The molecule has 5 heteroatoms. The van der Waals surface area contributed by atoms with E-state index in [1.807, 2.05) is 38.1 Å². The zero-order chi connectivity index (χ0) is 16.3. The van der Waals surface area contributed by atoms with Crippen LogP contribution < -0.4 is 16.8 Å². The second-order valence-corrected chi connectivity index (χ2v) is 5.65. The van der Waals surface area contributed by atoms with E-state index in [1.165, 1.54) is 6.07 Å². The van der Waals surface area contributed by atoms with E-state index in [0.717, 1.165) is 16.8 Å². The summed E-state index contributed by atoms with van der Waals surface area (Å²) in [6.45, 7) is 4.43. The molecule has 118 valence electrons. The number of aromatic hydroxyl groups is 2. The van der Waals surface area contributed by atoms with Gasteiger partial charge in [-0.15, -0.1) is 0 Å². The van der Waals surface area contributed by atoms with Crippen molar-refractivity contribution in [1.82, 2.24) is 0 Å². The number of anilines is 1. The first-order valence-corrected chi connectivity index (χ1v) is 7.29. The van der Waals surface area contributed by atoms with Gasteiger partial charge in [0.25, 0.3) is 0 Å². The first-order chi connectivity index (χ1) is 10.4. The molecular weight excluding hydrogens is 278 g/mol. The van der Waals surface area contributed by atoms with Crippen molar-refractivity contribution in [2.75, 3.05) is 5.32 Å².